The van der Waals surface area contributed by atoms with Crippen molar-refractivity contribution in [3.05, 3.63) is 17.8 Å². The molecule has 1 unspecified atom stereocenters. The van der Waals surface area contributed by atoms with Gasteiger partial charge in [-0.15, -0.1) is 0 Å². The molecule has 0 saturated carbocycles. The van der Waals surface area contributed by atoms with Gasteiger partial charge in [0.25, 0.3) is 0 Å². The Kier molecular flexibility index (Phi) is 3.17. The van der Waals surface area contributed by atoms with Crippen LogP contribution in [0.2, 0.25) is 0 Å². The Bertz CT molecular complexity index is 434. The summed E-state index contributed by atoms with van der Waals surface area (Å²) in [6.07, 6.45) is 3.68. The van der Waals surface area contributed by atoms with Crippen molar-refractivity contribution < 1.29 is 9.90 Å². The van der Waals surface area contributed by atoms with Crippen LogP contribution in [0.1, 0.15) is 30.1 Å². The van der Waals surface area contributed by atoms with E-state index in [0.717, 1.165) is 25.9 Å². The van der Waals surface area contributed by atoms with Crippen molar-refractivity contribution in [1.82, 2.24) is 4.98 Å². The number of nitrogens with zero attached hydrogens (tertiary/aromatic N) is 2. The van der Waals surface area contributed by atoms with Gasteiger partial charge in [0.1, 0.15) is 0 Å². The molecule has 0 aromatic carbocycles. The number of anilines is 2. The van der Waals surface area contributed by atoms with Crippen LogP contribution in [-0.2, 0) is 0 Å². The first-order chi connectivity index (χ1) is 8.11. The minimum absolute atomic E-state index is 0.137. The Hall–Kier alpha value is -1.78. The van der Waals surface area contributed by atoms with E-state index in [9.17, 15) is 4.79 Å². The predicted molar refractivity (Wildman–Crippen MR) is 66.2 cm³/mol. The van der Waals surface area contributed by atoms with Gasteiger partial charge in [-0.2, -0.15) is 0 Å². The smallest absolute Gasteiger partial charge is 0.337 e. The van der Waals surface area contributed by atoms with E-state index in [1.807, 2.05) is 0 Å². The van der Waals surface area contributed by atoms with Crippen LogP contribution in [0, 0.1) is 5.92 Å². The summed E-state index contributed by atoms with van der Waals surface area (Å²) in [7, 11) is 0. The van der Waals surface area contributed by atoms with Crippen LogP contribution in [0.4, 0.5) is 11.5 Å². The van der Waals surface area contributed by atoms with E-state index in [4.69, 9.17) is 10.8 Å². The minimum Gasteiger partial charge on any atom is -0.478 e. The highest BCUT2D eigenvalue weighted by Gasteiger charge is 2.23. The topological polar surface area (TPSA) is 79.5 Å². The minimum atomic E-state index is -0.997. The lowest BCUT2D eigenvalue weighted by molar-refractivity contribution is 0.0696. The van der Waals surface area contributed by atoms with Gasteiger partial charge in [-0.1, -0.05) is 13.3 Å². The molecule has 1 fully saturated rings. The fourth-order valence-electron chi connectivity index (χ4n) is 2.21. The van der Waals surface area contributed by atoms with Gasteiger partial charge in [-0.05, 0) is 18.4 Å². The number of nitrogens with two attached hydrogens (primary N) is 1. The van der Waals surface area contributed by atoms with Crippen LogP contribution < -0.4 is 10.6 Å². The highest BCUT2D eigenvalue weighted by Crippen LogP contribution is 2.28. The average molecular weight is 235 g/mol. The van der Waals surface area contributed by atoms with E-state index in [2.05, 4.69) is 16.8 Å². The number of carboxylic acids is 1. The highest BCUT2D eigenvalue weighted by atomic mass is 16.4. The van der Waals surface area contributed by atoms with Crippen LogP contribution in [0.25, 0.3) is 0 Å². The molecule has 0 bridgehead atoms. The molecule has 5 heteroatoms. The molecule has 0 spiro atoms. The first kappa shape index (κ1) is 11.7. The first-order valence-corrected chi connectivity index (χ1v) is 5.85. The number of carboxylic acid groups (broad SMARTS) is 1. The molecule has 3 N–H and O–H groups in total. The zero-order chi connectivity index (χ0) is 12.4. The van der Waals surface area contributed by atoms with Crippen LogP contribution >= 0.6 is 0 Å². The third-order valence-corrected chi connectivity index (χ3v) is 3.30. The van der Waals surface area contributed by atoms with Crippen molar-refractivity contribution in [3.63, 3.8) is 0 Å². The summed E-state index contributed by atoms with van der Waals surface area (Å²) in [6, 6.07) is 1.48. The summed E-state index contributed by atoms with van der Waals surface area (Å²) < 4.78 is 0. The summed E-state index contributed by atoms with van der Waals surface area (Å²) in [5, 5.41) is 8.84. The van der Waals surface area contributed by atoms with Gasteiger partial charge in [-0.25, -0.2) is 9.78 Å². The molecule has 1 aromatic rings. The van der Waals surface area contributed by atoms with E-state index in [1.54, 1.807) is 0 Å². The quantitative estimate of drug-likeness (QED) is 0.831. The van der Waals surface area contributed by atoms with Crippen molar-refractivity contribution >= 4 is 17.5 Å². The van der Waals surface area contributed by atoms with Crippen LogP contribution in [-0.4, -0.2) is 29.1 Å². The normalized spacial score (nSPS) is 19.6. The second-order valence-electron chi connectivity index (χ2n) is 4.45. The Labute approximate surface area is 100 Å². The molecular formula is C12H17N3O2. The maximum Gasteiger partial charge on any atom is 0.337 e. The van der Waals surface area contributed by atoms with Gasteiger partial charge in [0.2, 0.25) is 0 Å². The molecule has 92 valence electrons. The van der Waals surface area contributed by atoms with Crippen molar-refractivity contribution in [2.24, 2.45) is 5.92 Å². The zero-order valence-corrected chi connectivity index (χ0v) is 9.89. The number of nitrogen functional groups attached to an aromatic ring is 1. The van der Waals surface area contributed by atoms with E-state index >= 15 is 0 Å². The standard InChI is InChI=1S/C12H17N3O2/c1-2-8-3-4-15(7-8)11-10(13)5-9(6-14-11)12(16)17/h5-6,8H,2-4,7,13H2,1H3,(H,16,17). The monoisotopic (exact) mass is 235 g/mol. The van der Waals surface area contributed by atoms with Gasteiger partial charge < -0.3 is 15.7 Å². The summed E-state index contributed by atoms with van der Waals surface area (Å²) in [4.78, 5) is 17.1. The Morgan fingerprint density at radius 3 is 3.00 bits per heavy atom. The van der Waals surface area contributed by atoms with Crippen molar-refractivity contribution in [2.45, 2.75) is 19.8 Å². The molecule has 2 heterocycles. The van der Waals surface area contributed by atoms with Crippen molar-refractivity contribution in [3.8, 4) is 0 Å². The third-order valence-electron chi connectivity index (χ3n) is 3.30. The molecule has 1 saturated heterocycles. The molecule has 1 atom stereocenters. The van der Waals surface area contributed by atoms with Gasteiger partial charge >= 0.3 is 5.97 Å². The molecule has 1 aromatic heterocycles. The number of hydrogen-bond donors (Lipinski definition) is 2. The molecule has 2 rings (SSSR count). The van der Waals surface area contributed by atoms with Gasteiger partial charge in [-0.3, -0.25) is 0 Å². The molecule has 0 amide bonds. The summed E-state index contributed by atoms with van der Waals surface area (Å²) in [5.41, 5.74) is 6.44. The first-order valence-electron chi connectivity index (χ1n) is 5.85. The maximum atomic E-state index is 10.8. The van der Waals surface area contributed by atoms with E-state index < -0.39 is 5.97 Å². The van der Waals surface area contributed by atoms with Crippen LogP contribution in [0.5, 0.6) is 0 Å². The SMILES string of the molecule is CCC1CCN(c2ncc(C(=O)O)cc2N)C1. The fourth-order valence-corrected chi connectivity index (χ4v) is 2.21. The summed E-state index contributed by atoms with van der Waals surface area (Å²) in [5.74, 6) is 0.407. The molecule has 0 aliphatic carbocycles. The van der Waals surface area contributed by atoms with E-state index in [-0.39, 0.29) is 5.56 Å². The molecule has 17 heavy (non-hydrogen) atoms. The molecule has 0 radical (unpaired) electrons. The second-order valence-corrected chi connectivity index (χ2v) is 4.45. The Balaban J connectivity index is 2.20. The molecule has 1 aliphatic heterocycles. The number of aromatic carboxylic acids is 1. The van der Waals surface area contributed by atoms with E-state index in [0.29, 0.717) is 17.4 Å². The predicted octanol–water partition coefficient (Wildman–Crippen LogP) is 1.60. The zero-order valence-electron chi connectivity index (χ0n) is 9.89. The van der Waals surface area contributed by atoms with Gasteiger partial charge in [0, 0.05) is 19.3 Å². The Morgan fingerprint density at radius 1 is 1.71 bits per heavy atom. The van der Waals surface area contributed by atoms with Gasteiger partial charge in [0.05, 0.1) is 11.3 Å². The number of pyridine rings is 1. The fraction of sp³-hybridized carbons (Fsp3) is 0.500. The summed E-state index contributed by atoms with van der Waals surface area (Å²) >= 11 is 0. The number of carbonyl (C=O) groups is 1. The lowest BCUT2D eigenvalue weighted by atomic mass is 10.1. The highest BCUT2D eigenvalue weighted by molar-refractivity contribution is 5.89. The van der Waals surface area contributed by atoms with Crippen LogP contribution in [0.3, 0.4) is 0 Å². The van der Waals surface area contributed by atoms with E-state index in [1.165, 1.54) is 12.3 Å². The van der Waals surface area contributed by atoms with Gasteiger partial charge in [0.15, 0.2) is 5.82 Å². The summed E-state index contributed by atoms with van der Waals surface area (Å²) in [6.45, 7) is 4.08. The lowest BCUT2D eigenvalue weighted by Crippen LogP contribution is -2.22. The third kappa shape index (κ3) is 2.33. The largest absolute Gasteiger partial charge is 0.478 e. The number of hydrogen-bond acceptors (Lipinski definition) is 4. The molecule has 1 aliphatic rings. The average Bonchev–Trinajstić information content (AvgIpc) is 2.77. The maximum absolute atomic E-state index is 10.8. The lowest BCUT2D eigenvalue weighted by Gasteiger charge is -2.19. The molecule has 5 nitrogen and oxygen atoms in total. The number of rotatable bonds is 3. The van der Waals surface area contributed by atoms with Crippen molar-refractivity contribution in [1.29, 1.82) is 0 Å². The van der Waals surface area contributed by atoms with Crippen molar-refractivity contribution in [2.75, 3.05) is 23.7 Å². The Morgan fingerprint density at radius 2 is 2.47 bits per heavy atom. The number of aromatic nitrogens is 1. The van der Waals surface area contributed by atoms with Crippen LogP contribution in [0.15, 0.2) is 12.3 Å². The second kappa shape index (κ2) is 4.61. The molecular weight excluding hydrogens is 218 g/mol.